The number of nitrogens with two attached hydrogens (primary N) is 1. The summed E-state index contributed by atoms with van der Waals surface area (Å²) in [5, 5.41) is 0. The maximum absolute atomic E-state index is 12.6. The van der Waals surface area contributed by atoms with Crippen LogP contribution in [0.5, 0.6) is 5.75 Å². The monoisotopic (exact) mass is 259 g/mol. The largest absolute Gasteiger partial charge is 0.490 e. The van der Waals surface area contributed by atoms with Gasteiger partial charge in [0, 0.05) is 11.8 Å². The number of ether oxygens (including phenoxy) is 1. The summed E-state index contributed by atoms with van der Waals surface area (Å²) >= 11 is 0. The van der Waals surface area contributed by atoms with Crippen LogP contribution in [-0.2, 0) is 6.18 Å². The summed E-state index contributed by atoms with van der Waals surface area (Å²) in [5.41, 5.74) is 4.80. The zero-order chi connectivity index (χ0) is 13.2. The third-order valence-corrected chi connectivity index (χ3v) is 3.11. The highest BCUT2D eigenvalue weighted by Crippen LogP contribution is 2.34. The minimum Gasteiger partial charge on any atom is -0.490 e. The minimum absolute atomic E-state index is 0.0154. The summed E-state index contributed by atoms with van der Waals surface area (Å²) in [5.74, 6) is 0.217. The molecule has 1 fully saturated rings. The number of hydrogen-bond acceptors (Lipinski definition) is 2. The first-order chi connectivity index (χ1) is 8.45. The molecule has 0 atom stereocenters. The van der Waals surface area contributed by atoms with E-state index in [-0.39, 0.29) is 17.5 Å². The van der Waals surface area contributed by atoms with Gasteiger partial charge in [-0.15, -0.1) is 0 Å². The van der Waals surface area contributed by atoms with E-state index in [0.717, 1.165) is 37.8 Å². The number of nitrogen functional groups attached to an aromatic ring is 1. The first-order valence-electron chi connectivity index (χ1n) is 6.09. The number of anilines is 1. The summed E-state index contributed by atoms with van der Waals surface area (Å²) in [7, 11) is 0. The minimum atomic E-state index is -4.39. The number of alkyl halides is 3. The zero-order valence-electron chi connectivity index (χ0n) is 9.96. The van der Waals surface area contributed by atoms with Crippen LogP contribution in [0, 0.1) is 0 Å². The third kappa shape index (κ3) is 3.31. The quantitative estimate of drug-likeness (QED) is 0.815. The molecule has 0 aliphatic heterocycles. The predicted molar refractivity (Wildman–Crippen MR) is 63.4 cm³/mol. The van der Waals surface area contributed by atoms with Gasteiger partial charge in [-0.2, -0.15) is 13.2 Å². The fraction of sp³-hybridized carbons (Fsp3) is 0.538. The van der Waals surface area contributed by atoms with Crippen molar-refractivity contribution >= 4 is 5.69 Å². The van der Waals surface area contributed by atoms with E-state index >= 15 is 0 Å². The molecule has 1 aliphatic rings. The molecule has 0 spiro atoms. The zero-order valence-corrected chi connectivity index (χ0v) is 9.96. The molecule has 1 saturated carbocycles. The average molecular weight is 259 g/mol. The standard InChI is InChI=1S/C13H16F3NO/c14-13(15,16)9-6-10(17)8-12(7-9)18-11-4-2-1-3-5-11/h6-8,11H,1-5,17H2. The van der Waals surface area contributed by atoms with Crippen LogP contribution < -0.4 is 10.5 Å². The van der Waals surface area contributed by atoms with Crippen LogP contribution in [0.4, 0.5) is 18.9 Å². The Balaban J connectivity index is 2.14. The van der Waals surface area contributed by atoms with Gasteiger partial charge in [0.05, 0.1) is 11.7 Å². The maximum atomic E-state index is 12.6. The normalized spacial score (nSPS) is 17.7. The van der Waals surface area contributed by atoms with Crippen LogP contribution in [0.2, 0.25) is 0 Å². The molecular weight excluding hydrogens is 243 g/mol. The van der Waals surface area contributed by atoms with Crippen LogP contribution in [0.1, 0.15) is 37.7 Å². The molecule has 0 bridgehead atoms. The van der Waals surface area contributed by atoms with Crippen LogP contribution in [0.25, 0.3) is 0 Å². The Kier molecular flexibility index (Phi) is 3.68. The second-order valence-electron chi connectivity index (χ2n) is 4.67. The van der Waals surface area contributed by atoms with E-state index in [4.69, 9.17) is 10.5 Å². The van der Waals surface area contributed by atoms with E-state index in [1.165, 1.54) is 12.5 Å². The Morgan fingerprint density at radius 2 is 1.72 bits per heavy atom. The van der Waals surface area contributed by atoms with Crippen molar-refractivity contribution in [3.8, 4) is 5.75 Å². The molecule has 18 heavy (non-hydrogen) atoms. The summed E-state index contributed by atoms with van der Waals surface area (Å²) in [4.78, 5) is 0. The lowest BCUT2D eigenvalue weighted by Gasteiger charge is -2.23. The van der Waals surface area contributed by atoms with Crippen molar-refractivity contribution in [1.29, 1.82) is 0 Å². The first kappa shape index (κ1) is 13.1. The smallest absolute Gasteiger partial charge is 0.416 e. The lowest BCUT2D eigenvalue weighted by Crippen LogP contribution is -2.20. The topological polar surface area (TPSA) is 35.2 Å². The Morgan fingerprint density at radius 1 is 1.06 bits per heavy atom. The molecule has 0 unspecified atom stereocenters. The van der Waals surface area contributed by atoms with Gasteiger partial charge < -0.3 is 10.5 Å². The lowest BCUT2D eigenvalue weighted by molar-refractivity contribution is -0.137. The van der Waals surface area contributed by atoms with E-state index < -0.39 is 11.7 Å². The molecule has 1 aliphatic carbocycles. The van der Waals surface area contributed by atoms with E-state index in [9.17, 15) is 13.2 Å². The van der Waals surface area contributed by atoms with Crippen molar-refractivity contribution in [3.05, 3.63) is 23.8 Å². The van der Waals surface area contributed by atoms with Gasteiger partial charge in [0.15, 0.2) is 0 Å². The number of benzene rings is 1. The number of hydrogen-bond donors (Lipinski definition) is 1. The second kappa shape index (κ2) is 5.08. The number of rotatable bonds is 2. The third-order valence-electron chi connectivity index (χ3n) is 3.11. The van der Waals surface area contributed by atoms with E-state index in [1.54, 1.807) is 0 Å². The van der Waals surface area contributed by atoms with Crippen molar-refractivity contribution in [2.24, 2.45) is 0 Å². The highest BCUT2D eigenvalue weighted by Gasteiger charge is 2.31. The van der Waals surface area contributed by atoms with Crippen LogP contribution in [-0.4, -0.2) is 6.10 Å². The molecule has 5 heteroatoms. The predicted octanol–water partition coefficient (Wildman–Crippen LogP) is 4.00. The summed E-state index contributed by atoms with van der Waals surface area (Å²) in [6.45, 7) is 0. The molecule has 2 N–H and O–H groups in total. The van der Waals surface area contributed by atoms with Gasteiger partial charge in [-0.25, -0.2) is 0 Å². The molecule has 2 rings (SSSR count). The molecule has 1 aromatic rings. The van der Waals surface area contributed by atoms with Crippen molar-refractivity contribution in [3.63, 3.8) is 0 Å². The molecule has 0 heterocycles. The molecule has 1 aromatic carbocycles. The first-order valence-corrected chi connectivity index (χ1v) is 6.09. The number of halogens is 3. The van der Waals surface area contributed by atoms with E-state index in [2.05, 4.69) is 0 Å². The fourth-order valence-electron chi connectivity index (χ4n) is 2.23. The van der Waals surface area contributed by atoms with Crippen molar-refractivity contribution < 1.29 is 17.9 Å². The Hall–Kier alpha value is -1.39. The Morgan fingerprint density at radius 3 is 2.33 bits per heavy atom. The fourth-order valence-corrected chi connectivity index (χ4v) is 2.23. The van der Waals surface area contributed by atoms with Crippen molar-refractivity contribution in [2.75, 3.05) is 5.73 Å². The Bertz CT molecular complexity index is 411. The van der Waals surface area contributed by atoms with Gasteiger partial charge in [-0.1, -0.05) is 6.42 Å². The van der Waals surface area contributed by atoms with Crippen LogP contribution in [0.15, 0.2) is 18.2 Å². The van der Waals surface area contributed by atoms with Crippen molar-refractivity contribution in [1.82, 2.24) is 0 Å². The highest BCUT2D eigenvalue weighted by atomic mass is 19.4. The molecule has 0 amide bonds. The Labute approximate surface area is 104 Å². The van der Waals surface area contributed by atoms with E-state index in [1.807, 2.05) is 0 Å². The van der Waals surface area contributed by atoms with Gasteiger partial charge in [0.2, 0.25) is 0 Å². The van der Waals surface area contributed by atoms with Gasteiger partial charge in [0.25, 0.3) is 0 Å². The molecule has 0 aromatic heterocycles. The van der Waals surface area contributed by atoms with Gasteiger partial charge in [0.1, 0.15) is 5.75 Å². The summed E-state index contributed by atoms with van der Waals surface area (Å²) in [6, 6.07) is 3.39. The molecule has 100 valence electrons. The maximum Gasteiger partial charge on any atom is 0.416 e. The second-order valence-corrected chi connectivity index (χ2v) is 4.67. The van der Waals surface area contributed by atoms with Crippen LogP contribution >= 0.6 is 0 Å². The highest BCUT2D eigenvalue weighted by molar-refractivity contribution is 5.48. The summed E-state index contributed by atoms with van der Waals surface area (Å²) < 4.78 is 43.4. The van der Waals surface area contributed by atoms with Gasteiger partial charge in [-0.3, -0.25) is 0 Å². The average Bonchev–Trinajstić information content (AvgIpc) is 2.28. The molecule has 2 nitrogen and oxygen atoms in total. The SMILES string of the molecule is Nc1cc(OC2CCCCC2)cc(C(F)(F)F)c1. The molecule has 0 saturated heterocycles. The van der Waals surface area contributed by atoms with Gasteiger partial charge >= 0.3 is 6.18 Å². The summed E-state index contributed by atoms with van der Waals surface area (Å²) in [6.07, 6.45) is 0.733. The molecular formula is C13H16F3NO. The van der Waals surface area contributed by atoms with Crippen molar-refractivity contribution in [2.45, 2.75) is 44.4 Å². The van der Waals surface area contributed by atoms with E-state index in [0.29, 0.717) is 0 Å². The van der Waals surface area contributed by atoms with Crippen LogP contribution in [0.3, 0.4) is 0 Å². The molecule has 0 radical (unpaired) electrons. The van der Waals surface area contributed by atoms with Gasteiger partial charge in [-0.05, 0) is 37.8 Å². The lowest BCUT2D eigenvalue weighted by atomic mass is 9.98.